The summed E-state index contributed by atoms with van der Waals surface area (Å²) in [5.41, 5.74) is 0. The van der Waals surface area contributed by atoms with Crippen LogP contribution < -0.4 is 4.74 Å². The smallest absolute Gasteiger partial charge is 0.243 e. The molecule has 1 fully saturated rings. The summed E-state index contributed by atoms with van der Waals surface area (Å²) in [7, 11) is -3.54. The molecule has 1 aromatic rings. The van der Waals surface area contributed by atoms with E-state index in [0.29, 0.717) is 44.3 Å². The van der Waals surface area contributed by atoms with Gasteiger partial charge in [-0.15, -0.1) is 0 Å². The summed E-state index contributed by atoms with van der Waals surface area (Å²) in [5.74, 6) is 1.06. The number of hydrogen-bond donors (Lipinski definition) is 0. The zero-order valence-electron chi connectivity index (χ0n) is 15.4. The summed E-state index contributed by atoms with van der Waals surface area (Å²) in [6.45, 7) is 9.40. The monoisotopic (exact) mass is 368 g/mol. The summed E-state index contributed by atoms with van der Waals surface area (Å²) >= 11 is 0. The molecule has 1 amide bonds. The molecule has 2 rings (SSSR count). The number of carbonyl (C=O) groups excluding carboxylic acids is 1. The van der Waals surface area contributed by atoms with Crippen molar-refractivity contribution < 1.29 is 17.9 Å². The molecule has 0 atom stereocenters. The van der Waals surface area contributed by atoms with Crippen molar-refractivity contribution in [1.29, 1.82) is 0 Å². The Bertz CT molecular complexity index is 676. The van der Waals surface area contributed by atoms with E-state index in [1.165, 1.54) is 4.31 Å². The number of hydrogen-bond acceptors (Lipinski definition) is 4. The van der Waals surface area contributed by atoms with E-state index in [2.05, 4.69) is 0 Å². The van der Waals surface area contributed by atoms with Crippen LogP contribution in [-0.2, 0) is 14.8 Å². The van der Waals surface area contributed by atoms with Gasteiger partial charge in [-0.05, 0) is 44.0 Å². The van der Waals surface area contributed by atoms with E-state index in [-0.39, 0.29) is 16.9 Å². The van der Waals surface area contributed by atoms with Gasteiger partial charge in [0.1, 0.15) is 5.75 Å². The highest BCUT2D eigenvalue weighted by Crippen LogP contribution is 2.21. The molecular formula is C18H28N2O4S. The van der Waals surface area contributed by atoms with Gasteiger partial charge >= 0.3 is 0 Å². The number of carbonyl (C=O) groups is 1. The highest BCUT2D eigenvalue weighted by molar-refractivity contribution is 7.89. The molecule has 0 unspecified atom stereocenters. The van der Waals surface area contributed by atoms with Crippen LogP contribution in [0.2, 0.25) is 0 Å². The van der Waals surface area contributed by atoms with Crippen LogP contribution in [0.4, 0.5) is 0 Å². The van der Waals surface area contributed by atoms with Gasteiger partial charge in [-0.1, -0.05) is 13.8 Å². The van der Waals surface area contributed by atoms with Gasteiger partial charge in [-0.3, -0.25) is 4.79 Å². The Morgan fingerprint density at radius 2 is 1.60 bits per heavy atom. The van der Waals surface area contributed by atoms with Crippen LogP contribution in [0.15, 0.2) is 29.2 Å². The Labute approximate surface area is 150 Å². The van der Waals surface area contributed by atoms with E-state index in [9.17, 15) is 13.2 Å². The van der Waals surface area contributed by atoms with Crippen molar-refractivity contribution >= 4 is 15.9 Å². The fourth-order valence-corrected chi connectivity index (χ4v) is 4.19. The topological polar surface area (TPSA) is 66.9 Å². The molecule has 25 heavy (non-hydrogen) atoms. The third kappa shape index (κ3) is 5.19. The molecule has 1 heterocycles. The van der Waals surface area contributed by atoms with Gasteiger partial charge in [0.25, 0.3) is 0 Å². The van der Waals surface area contributed by atoms with Gasteiger partial charge in [0.2, 0.25) is 15.9 Å². The van der Waals surface area contributed by atoms with Gasteiger partial charge < -0.3 is 9.64 Å². The largest absolute Gasteiger partial charge is 0.491 e. The lowest BCUT2D eigenvalue weighted by molar-refractivity contribution is -0.133. The van der Waals surface area contributed by atoms with Crippen LogP contribution >= 0.6 is 0 Å². The molecule has 1 aliphatic rings. The maximum Gasteiger partial charge on any atom is 0.243 e. The van der Waals surface area contributed by atoms with Crippen molar-refractivity contribution in [1.82, 2.24) is 9.21 Å². The molecule has 0 bridgehead atoms. The molecule has 0 spiro atoms. The van der Waals surface area contributed by atoms with Gasteiger partial charge in [-0.2, -0.15) is 4.31 Å². The van der Waals surface area contributed by atoms with Crippen LogP contribution in [0.1, 0.15) is 34.1 Å². The Morgan fingerprint density at radius 3 is 2.08 bits per heavy atom. The van der Waals surface area contributed by atoms with Crippen molar-refractivity contribution in [2.75, 3.05) is 26.2 Å². The SMILES string of the molecule is CC(C)CC(=O)N1CCN(S(=O)(=O)c2ccc(OC(C)C)cc2)CC1. The minimum Gasteiger partial charge on any atom is -0.491 e. The first-order chi connectivity index (χ1) is 11.7. The Kier molecular flexibility index (Phi) is 6.46. The average Bonchev–Trinajstić information content (AvgIpc) is 2.54. The van der Waals surface area contributed by atoms with Crippen molar-refractivity contribution in [3.63, 3.8) is 0 Å². The molecule has 7 heteroatoms. The summed E-state index contributed by atoms with van der Waals surface area (Å²) in [6.07, 6.45) is 0.545. The normalized spacial score (nSPS) is 16.5. The van der Waals surface area contributed by atoms with E-state index < -0.39 is 10.0 Å². The highest BCUT2D eigenvalue weighted by Gasteiger charge is 2.30. The zero-order valence-corrected chi connectivity index (χ0v) is 16.3. The van der Waals surface area contributed by atoms with Crippen LogP contribution in [0.25, 0.3) is 0 Å². The molecule has 1 aromatic carbocycles. The second-order valence-corrected chi connectivity index (χ2v) is 8.96. The number of piperazine rings is 1. The minimum absolute atomic E-state index is 0.0407. The molecule has 0 aliphatic carbocycles. The minimum atomic E-state index is -3.54. The van der Waals surface area contributed by atoms with E-state index in [4.69, 9.17) is 4.74 Å². The lowest BCUT2D eigenvalue weighted by atomic mass is 10.1. The lowest BCUT2D eigenvalue weighted by Gasteiger charge is -2.34. The molecule has 0 radical (unpaired) electrons. The van der Waals surface area contributed by atoms with Gasteiger partial charge in [0.05, 0.1) is 11.0 Å². The molecule has 0 N–H and O–H groups in total. The molecule has 140 valence electrons. The molecule has 0 saturated carbocycles. The van der Waals surface area contributed by atoms with Crippen molar-refractivity contribution in [3.8, 4) is 5.75 Å². The Hall–Kier alpha value is -1.60. The fraction of sp³-hybridized carbons (Fsp3) is 0.611. The number of benzene rings is 1. The van der Waals surface area contributed by atoms with Crippen molar-refractivity contribution in [3.05, 3.63) is 24.3 Å². The molecule has 1 aliphatic heterocycles. The predicted molar refractivity (Wildman–Crippen MR) is 97.0 cm³/mol. The highest BCUT2D eigenvalue weighted by atomic mass is 32.2. The van der Waals surface area contributed by atoms with Crippen LogP contribution in [0, 0.1) is 5.92 Å². The second-order valence-electron chi connectivity index (χ2n) is 7.02. The zero-order chi connectivity index (χ0) is 18.6. The number of nitrogens with zero attached hydrogens (tertiary/aromatic N) is 2. The summed E-state index contributed by atoms with van der Waals surface area (Å²) in [4.78, 5) is 14.1. The number of sulfonamides is 1. The molecule has 0 aromatic heterocycles. The quantitative estimate of drug-likeness (QED) is 0.773. The Balaban J connectivity index is 2.00. The molecule has 6 nitrogen and oxygen atoms in total. The first-order valence-corrected chi connectivity index (χ1v) is 10.2. The van der Waals surface area contributed by atoms with Gasteiger partial charge in [-0.25, -0.2) is 8.42 Å². The summed E-state index contributed by atoms with van der Waals surface area (Å²) in [6, 6.07) is 6.50. The van der Waals surface area contributed by atoms with Crippen LogP contribution in [0.5, 0.6) is 5.75 Å². The average molecular weight is 368 g/mol. The van der Waals surface area contributed by atoms with Crippen molar-refractivity contribution in [2.24, 2.45) is 5.92 Å². The van der Waals surface area contributed by atoms with Gasteiger partial charge in [0, 0.05) is 32.6 Å². The third-order valence-electron chi connectivity index (χ3n) is 4.01. The Morgan fingerprint density at radius 1 is 1.04 bits per heavy atom. The van der Waals surface area contributed by atoms with E-state index in [0.717, 1.165) is 0 Å². The fourth-order valence-electron chi connectivity index (χ4n) is 2.77. The predicted octanol–water partition coefficient (Wildman–Crippen LogP) is 2.35. The van der Waals surface area contributed by atoms with E-state index >= 15 is 0 Å². The van der Waals surface area contributed by atoms with E-state index in [1.807, 2.05) is 27.7 Å². The maximum absolute atomic E-state index is 12.8. The molecular weight excluding hydrogens is 340 g/mol. The first-order valence-electron chi connectivity index (χ1n) is 8.75. The number of ether oxygens (including phenoxy) is 1. The summed E-state index contributed by atoms with van der Waals surface area (Å²) in [5, 5.41) is 0. The standard InChI is InChI=1S/C18H28N2O4S/c1-14(2)13-18(21)19-9-11-20(12-10-19)25(22,23)17-7-5-16(6-8-17)24-15(3)4/h5-8,14-15H,9-13H2,1-4H3. The first kappa shape index (κ1) is 19.7. The number of amides is 1. The van der Waals surface area contributed by atoms with Crippen LogP contribution in [0.3, 0.4) is 0 Å². The van der Waals surface area contributed by atoms with E-state index in [1.54, 1.807) is 29.2 Å². The lowest BCUT2D eigenvalue weighted by Crippen LogP contribution is -2.50. The third-order valence-corrected chi connectivity index (χ3v) is 5.92. The van der Waals surface area contributed by atoms with Crippen molar-refractivity contribution in [2.45, 2.75) is 45.1 Å². The molecule has 1 saturated heterocycles. The summed E-state index contributed by atoms with van der Waals surface area (Å²) < 4.78 is 32.5. The van der Waals surface area contributed by atoms with Gasteiger partial charge in [0.15, 0.2) is 0 Å². The van der Waals surface area contributed by atoms with Crippen LogP contribution in [-0.4, -0.2) is 55.8 Å². The maximum atomic E-state index is 12.8. The second kappa shape index (κ2) is 8.19. The number of rotatable bonds is 6.